The zero-order valence-electron chi connectivity index (χ0n) is 19.0. The standard InChI is InChI=1S/C25H29N5O3/c1-17-5-9-19(10-6-17)32-21-11-13-26-24-23(21)25(28-27-24)33-20-12-15-30(16-20)22(31)4-3-14-29(2)18-7-8-18/h3-6,9-11,13,18,20H,7-8,12,14-16H2,1-2H3,(H,26,27,28)/b4-3+/t20-/m1/s1. The zero-order valence-corrected chi connectivity index (χ0v) is 19.0. The molecule has 1 aliphatic carbocycles. The van der Waals surface area contributed by atoms with Crippen molar-refractivity contribution >= 4 is 16.9 Å². The number of aromatic nitrogens is 3. The van der Waals surface area contributed by atoms with E-state index in [4.69, 9.17) is 9.47 Å². The Balaban J connectivity index is 1.23. The van der Waals surface area contributed by atoms with Crippen LogP contribution in [-0.4, -0.2) is 69.7 Å². The molecule has 8 heteroatoms. The summed E-state index contributed by atoms with van der Waals surface area (Å²) in [5, 5.41) is 7.95. The van der Waals surface area contributed by atoms with Crippen molar-refractivity contribution in [2.45, 2.75) is 38.3 Å². The molecule has 2 aromatic heterocycles. The normalized spacial score (nSPS) is 18.5. The Morgan fingerprint density at radius 2 is 2.06 bits per heavy atom. The van der Waals surface area contributed by atoms with Gasteiger partial charge in [0.25, 0.3) is 0 Å². The van der Waals surface area contributed by atoms with Gasteiger partial charge in [-0.05, 0) is 38.9 Å². The van der Waals surface area contributed by atoms with Gasteiger partial charge in [-0.3, -0.25) is 14.8 Å². The number of fused-ring (bicyclic) bond motifs is 1. The number of carbonyl (C=O) groups is 1. The lowest BCUT2D eigenvalue weighted by Gasteiger charge is -2.16. The van der Waals surface area contributed by atoms with Crippen LogP contribution >= 0.6 is 0 Å². The van der Waals surface area contributed by atoms with Crippen LogP contribution in [0.15, 0.2) is 48.7 Å². The SMILES string of the molecule is Cc1ccc(Oc2ccnc3[nH]nc(O[C@@H]4CCN(C(=O)/C=C/CN(C)C5CC5)C4)c23)cc1. The number of rotatable bonds is 8. The van der Waals surface area contributed by atoms with Gasteiger partial charge in [0.05, 0.1) is 6.54 Å². The second kappa shape index (κ2) is 9.23. The number of benzene rings is 1. The minimum Gasteiger partial charge on any atom is -0.471 e. The molecule has 1 N–H and O–H groups in total. The average molecular weight is 448 g/mol. The fourth-order valence-electron chi connectivity index (χ4n) is 4.07. The van der Waals surface area contributed by atoms with Gasteiger partial charge in [0.1, 0.15) is 23.0 Å². The van der Waals surface area contributed by atoms with E-state index in [-0.39, 0.29) is 12.0 Å². The van der Waals surface area contributed by atoms with E-state index in [0.29, 0.717) is 41.8 Å². The monoisotopic (exact) mass is 447 g/mol. The largest absolute Gasteiger partial charge is 0.471 e. The van der Waals surface area contributed by atoms with Crippen LogP contribution in [0.4, 0.5) is 0 Å². The highest BCUT2D eigenvalue weighted by Crippen LogP contribution is 2.35. The number of H-pyrrole nitrogens is 1. The highest BCUT2D eigenvalue weighted by atomic mass is 16.5. The maximum absolute atomic E-state index is 12.6. The number of nitrogens with zero attached hydrogens (tertiary/aromatic N) is 4. The van der Waals surface area contributed by atoms with E-state index in [1.54, 1.807) is 18.3 Å². The number of pyridine rings is 1. The summed E-state index contributed by atoms with van der Waals surface area (Å²) < 4.78 is 12.3. The van der Waals surface area contributed by atoms with Crippen LogP contribution in [-0.2, 0) is 4.79 Å². The van der Waals surface area contributed by atoms with E-state index in [1.807, 2.05) is 42.2 Å². The lowest BCUT2D eigenvalue weighted by molar-refractivity contribution is -0.125. The Labute approximate surface area is 193 Å². The maximum atomic E-state index is 12.6. The molecule has 0 unspecified atom stereocenters. The number of likely N-dealkylation sites (N-methyl/N-ethyl adjacent to an activating group) is 1. The molecular weight excluding hydrogens is 418 g/mol. The number of likely N-dealkylation sites (tertiary alicyclic amines) is 1. The molecule has 8 nitrogen and oxygen atoms in total. The molecule has 33 heavy (non-hydrogen) atoms. The van der Waals surface area contributed by atoms with Crippen molar-refractivity contribution in [3.05, 3.63) is 54.2 Å². The van der Waals surface area contributed by atoms with Crippen LogP contribution in [0, 0.1) is 6.92 Å². The molecule has 1 aliphatic heterocycles. The molecule has 3 heterocycles. The molecule has 3 aromatic rings. The molecule has 1 amide bonds. The molecule has 1 atom stereocenters. The predicted octanol–water partition coefficient (Wildman–Crippen LogP) is 3.69. The van der Waals surface area contributed by atoms with Gasteiger partial charge in [-0.15, -0.1) is 5.10 Å². The summed E-state index contributed by atoms with van der Waals surface area (Å²) in [6, 6.07) is 10.4. The molecule has 1 saturated heterocycles. The van der Waals surface area contributed by atoms with Crippen molar-refractivity contribution in [3.8, 4) is 17.4 Å². The number of carbonyl (C=O) groups excluding carboxylic acids is 1. The Hall–Kier alpha value is -3.39. The number of aromatic amines is 1. The molecule has 0 bridgehead atoms. The summed E-state index contributed by atoms with van der Waals surface area (Å²) >= 11 is 0. The van der Waals surface area contributed by atoms with Gasteiger partial charge in [0, 0.05) is 43.9 Å². The van der Waals surface area contributed by atoms with Crippen LogP contribution in [0.3, 0.4) is 0 Å². The number of aryl methyl sites for hydroxylation is 1. The van der Waals surface area contributed by atoms with Gasteiger partial charge in [-0.25, -0.2) is 4.98 Å². The molecule has 1 aromatic carbocycles. The highest BCUT2D eigenvalue weighted by molar-refractivity contribution is 5.88. The van der Waals surface area contributed by atoms with Gasteiger partial charge in [-0.1, -0.05) is 23.8 Å². The van der Waals surface area contributed by atoms with Crippen molar-refractivity contribution in [2.75, 3.05) is 26.7 Å². The summed E-state index contributed by atoms with van der Waals surface area (Å²) in [6.45, 7) is 4.04. The second-order valence-electron chi connectivity index (χ2n) is 8.86. The average Bonchev–Trinajstić information content (AvgIpc) is 3.43. The fourth-order valence-corrected chi connectivity index (χ4v) is 4.07. The van der Waals surface area contributed by atoms with Gasteiger partial charge in [-0.2, -0.15) is 0 Å². The third-order valence-electron chi connectivity index (χ3n) is 6.20. The minimum atomic E-state index is -0.129. The fraction of sp³-hybridized carbons (Fsp3) is 0.400. The highest BCUT2D eigenvalue weighted by Gasteiger charge is 2.29. The van der Waals surface area contributed by atoms with E-state index in [0.717, 1.165) is 18.7 Å². The van der Waals surface area contributed by atoms with Crippen molar-refractivity contribution in [1.29, 1.82) is 0 Å². The first kappa shape index (κ1) is 21.5. The number of nitrogens with one attached hydrogen (secondary N) is 1. The third-order valence-corrected chi connectivity index (χ3v) is 6.20. The van der Waals surface area contributed by atoms with Crippen molar-refractivity contribution in [3.63, 3.8) is 0 Å². The van der Waals surface area contributed by atoms with Gasteiger partial charge < -0.3 is 14.4 Å². The molecule has 0 spiro atoms. The number of ether oxygens (including phenoxy) is 2. The first-order valence-corrected chi connectivity index (χ1v) is 11.5. The van der Waals surface area contributed by atoms with Crippen LogP contribution < -0.4 is 9.47 Å². The topological polar surface area (TPSA) is 83.6 Å². The third kappa shape index (κ3) is 5.01. The van der Waals surface area contributed by atoms with E-state index in [1.165, 1.54) is 18.4 Å². The van der Waals surface area contributed by atoms with E-state index >= 15 is 0 Å². The first-order chi connectivity index (χ1) is 16.1. The maximum Gasteiger partial charge on any atom is 0.246 e. The molecule has 5 rings (SSSR count). The lowest BCUT2D eigenvalue weighted by atomic mass is 10.2. The molecule has 1 saturated carbocycles. The van der Waals surface area contributed by atoms with Crippen LogP contribution in [0.2, 0.25) is 0 Å². The quantitative estimate of drug-likeness (QED) is 0.531. The lowest BCUT2D eigenvalue weighted by Crippen LogP contribution is -2.30. The Morgan fingerprint density at radius 1 is 1.24 bits per heavy atom. The van der Waals surface area contributed by atoms with Crippen LogP contribution in [0.5, 0.6) is 17.4 Å². The predicted molar refractivity (Wildman–Crippen MR) is 126 cm³/mol. The Kier molecular flexibility index (Phi) is 6.00. The van der Waals surface area contributed by atoms with Gasteiger partial charge >= 0.3 is 0 Å². The summed E-state index contributed by atoms with van der Waals surface area (Å²) in [5.74, 6) is 1.83. The number of hydrogen-bond donors (Lipinski definition) is 1. The molecule has 172 valence electrons. The van der Waals surface area contributed by atoms with E-state index in [9.17, 15) is 4.79 Å². The second-order valence-corrected chi connectivity index (χ2v) is 8.86. The smallest absolute Gasteiger partial charge is 0.246 e. The van der Waals surface area contributed by atoms with Crippen molar-refractivity contribution in [1.82, 2.24) is 25.0 Å². The molecule has 0 radical (unpaired) electrons. The minimum absolute atomic E-state index is 0.0299. The number of hydrogen-bond acceptors (Lipinski definition) is 6. The molecule has 2 fully saturated rings. The van der Waals surface area contributed by atoms with Gasteiger partial charge in [0.15, 0.2) is 5.65 Å². The summed E-state index contributed by atoms with van der Waals surface area (Å²) in [6.07, 6.45) is 8.47. The molecular formula is C25H29N5O3. The Bertz CT molecular complexity index is 1150. The van der Waals surface area contributed by atoms with E-state index < -0.39 is 0 Å². The molecule has 2 aliphatic rings. The summed E-state index contributed by atoms with van der Waals surface area (Å²) in [7, 11) is 2.10. The van der Waals surface area contributed by atoms with Crippen LogP contribution in [0.1, 0.15) is 24.8 Å². The number of amides is 1. The Morgan fingerprint density at radius 3 is 2.85 bits per heavy atom. The van der Waals surface area contributed by atoms with E-state index in [2.05, 4.69) is 27.1 Å². The van der Waals surface area contributed by atoms with Crippen molar-refractivity contribution in [2.24, 2.45) is 0 Å². The van der Waals surface area contributed by atoms with Crippen LogP contribution in [0.25, 0.3) is 11.0 Å². The zero-order chi connectivity index (χ0) is 22.8. The van der Waals surface area contributed by atoms with Gasteiger partial charge in [0.2, 0.25) is 11.8 Å². The van der Waals surface area contributed by atoms with Crippen molar-refractivity contribution < 1.29 is 14.3 Å². The summed E-state index contributed by atoms with van der Waals surface area (Å²) in [5.41, 5.74) is 1.77. The first-order valence-electron chi connectivity index (χ1n) is 11.5. The summed E-state index contributed by atoms with van der Waals surface area (Å²) in [4.78, 5) is 21.0.